The van der Waals surface area contributed by atoms with Crippen molar-refractivity contribution in [2.45, 2.75) is 31.6 Å². The van der Waals surface area contributed by atoms with E-state index in [1.807, 2.05) is 18.7 Å². The molecule has 0 bridgehead atoms. The van der Waals surface area contributed by atoms with Crippen LogP contribution in [0.4, 0.5) is 0 Å². The standard InChI is InChI=1S/C11H23N3O4/c1-11(2)7-14(4-8(5-15)18-11)9(6-17-3)10(16)13-12/h8-9,15H,4-7,12H2,1-3H3,(H,13,16). The maximum atomic E-state index is 11.7. The predicted molar refractivity (Wildman–Crippen MR) is 65.6 cm³/mol. The molecule has 0 radical (unpaired) electrons. The van der Waals surface area contributed by atoms with Gasteiger partial charge in [0.05, 0.1) is 24.9 Å². The molecule has 1 rings (SSSR count). The Bertz CT molecular complexity index is 285. The number of hydrogen-bond acceptors (Lipinski definition) is 6. The van der Waals surface area contributed by atoms with E-state index in [2.05, 4.69) is 5.43 Å². The maximum absolute atomic E-state index is 11.7. The Morgan fingerprint density at radius 1 is 1.72 bits per heavy atom. The van der Waals surface area contributed by atoms with Crippen molar-refractivity contribution < 1.29 is 19.4 Å². The maximum Gasteiger partial charge on any atom is 0.253 e. The van der Waals surface area contributed by atoms with Crippen LogP contribution in [-0.2, 0) is 14.3 Å². The lowest BCUT2D eigenvalue weighted by atomic mass is 10.0. The minimum Gasteiger partial charge on any atom is -0.394 e. The van der Waals surface area contributed by atoms with Crippen LogP contribution < -0.4 is 11.3 Å². The average Bonchev–Trinajstić information content (AvgIpc) is 2.32. The molecule has 0 aliphatic carbocycles. The smallest absolute Gasteiger partial charge is 0.253 e. The summed E-state index contributed by atoms with van der Waals surface area (Å²) >= 11 is 0. The van der Waals surface area contributed by atoms with Gasteiger partial charge in [0.15, 0.2) is 0 Å². The predicted octanol–water partition coefficient (Wildman–Crippen LogP) is -1.54. The summed E-state index contributed by atoms with van der Waals surface area (Å²) < 4.78 is 10.8. The number of ether oxygens (including phenoxy) is 2. The first-order valence-electron chi connectivity index (χ1n) is 5.95. The number of rotatable bonds is 5. The second-order valence-corrected chi connectivity index (χ2v) is 5.09. The molecule has 0 aromatic rings. The number of carbonyl (C=O) groups excluding carboxylic acids is 1. The molecule has 18 heavy (non-hydrogen) atoms. The van der Waals surface area contributed by atoms with E-state index in [-0.39, 0.29) is 25.2 Å². The number of amides is 1. The van der Waals surface area contributed by atoms with Crippen LogP contribution in [0.15, 0.2) is 0 Å². The summed E-state index contributed by atoms with van der Waals surface area (Å²) in [4.78, 5) is 13.7. The number of hydrazine groups is 1. The lowest BCUT2D eigenvalue weighted by Crippen LogP contribution is -2.61. The third-order valence-electron chi connectivity index (χ3n) is 2.92. The first kappa shape index (κ1) is 15.3. The van der Waals surface area contributed by atoms with Crippen molar-refractivity contribution in [1.82, 2.24) is 10.3 Å². The Labute approximate surface area is 107 Å². The lowest BCUT2D eigenvalue weighted by molar-refractivity contribution is -0.165. The van der Waals surface area contributed by atoms with Crippen LogP contribution in [0.1, 0.15) is 13.8 Å². The number of aliphatic hydroxyl groups excluding tert-OH is 1. The first-order valence-corrected chi connectivity index (χ1v) is 5.95. The van der Waals surface area contributed by atoms with Gasteiger partial charge in [-0.1, -0.05) is 0 Å². The summed E-state index contributed by atoms with van der Waals surface area (Å²) in [6, 6.07) is -0.475. The molecule has 4 N–H and O–H groups in total. The highest BCUT2D eigenvalue weighted by Gasteiger charge is 2.38. The molecule has 0 spiro atoms. The van der Waals surface area contributed by atoms with Crippen LogP contribution in [0.3, 0.4) is 0 Å². The zero-order chi connectivity index (χ0) is 13.8. The monoisotopic (exact) mass is 261 g/mol. The van der Waals surface area contributed by atoms with E-state index in [0.717, 1.165) is 0 Å². The second kappa shape index (κ2) is 6.44. The Kier molecular flexibility index (Phi) is 5.48. The Morgan fingerprint density at radius 2 is 2.39 bits per heavy atom. The van der Waals surface area contributed by atoms with Crippen molar-refractivity contribution in [3.8, 4) is 0 Å². The first-order chi connectivity index (χ1) is 8.43. The van der Waals surface area contributed by atoms with Crippen LogP contribution >= 0.6 is 0 Å². The third-order valence-corrected chi connectivity index (χ3v) is 2.92. The van der Waals surface area contributed by atoms with E-state index in [1.54, 1.807) is 0 Å². The summed E-state index contributed by atoms with van der Waals surface area (Å²) in [5, 5.41) is 9.24. The molecule has 106 valence electrons. The molecule has 1 aliphatic heterocycles. The van der Waals surface area contributed by atoms with Gasteiger partial charge in [0.1, 0.15) is 6.04 Å². The topological polar surface area (TPSA) is 97.0 Å². The van der Waals surface area contributed by atoms with E-state index in [0.29, 0.717) is 13.1 Å². The highest BCUT2D eigenvalue weighted by molar-refractivity contribution is 5.81. The van der Waals surface area contributed by atoms with Crippen molar-refractivity contribution in [1.29, 1.82) is 0 Å². The van der Waals surface area contributed by atoms with Gasteiger partial charge in [0.2, 0.25) is 0 Å². The largest absolute Gasteiger partial charge is 0.394 e. The van der Waals surface area contributed by atoms with Crippen LogP contribution in [-0.4, -0.2) is 67.1 Å². The van der Waals surface area contributed by atoms with E-state index >= 15 is 0 Å². The molecule has 2 unspecified atom stereocenters. The Morgan fingerprint density at radius 3 is 2.89 bits per heavy atom. The van der Waals surface area contributed by atoms with Crippen molar-refractivity contribution in [2.24, 2.45) is 5.84 Å². The van der Waals surface area contributed by atoms with E-state index in [4.69, 9.17) is 15.3 Å². The summed E-state index contributed by atoms with van der Waals surface area (Å²) in [6.07, 6.45) is -0.307. The molecule has 7 nitrogen and oxygen atoms in total. The molecule has 0 aromatic heterocycles. The second-order valence-electron chi connectivity index (χ2n) is 5.09. The van der Waals surface area contributed by atoms with Gasteiger partial charge in [-0.05, 0) is 13.8 Å². The van der Waals surface area contributed by atoms with Crippen molar-refractivity contribution in [3.05, 3.63) is 0 Å². The van der Waals surface area contributed by atoms with E-state index in [9.17, 15) is 9.90 Å². The number of hydrogen-bond donors (Lipinski definition) is 3. The van der Waals surface area contributed by atoms with Gasteiger partial charge in [-0.3, -0.25) is 15.1 Å². The molecular weight excluding hydrogens is 238 g/mol. The highest BCUT2D eigenvalue weighted by atomic mass is 16.5. The van der Waals surface area contributed by atoms with Crippen LogP contribution in [0.25, 0.3) is 0 Å². The van der Waals surface area contributed by atoms with Crippen molar-refractivity contribution >= 4 is 5.91 Å². The fourth-order valence-corrected chi connectivity index (χ4v) is 2.27. The number of morpholine rings is 1. The average molecular weight is 261 g/mol. The van der Waals surface area contributed by atoms with Crippen molar-refractivity contribution in [3.63, 3.8) is 0 Å². The molecule has 1 amide bonds. The summed E-state index contributed by atoms with van der Waals surface area (Å²) in [5.74, 6) is 4.88. The summed E-state index contributed by atoms with van der Waals surface area (Å²) in [7, 11) is 1.53. The van der Waals surface area contributed by atoms with Gasteiger partial charge in [0, 0.05) is 20.2 Å². The van der Waals surface area contributed by atoms with Crippen molar-refractivity contribution in [2.75, 3.05) is 33.4 Å². The number of aliphatic hydroxyl groups is 1. The molecular formula is C11H23N3O4. The van der Waals surface area contributed by atoms with Gasteiger partial charge in [-0.15, -0.1) is 0 Å². The lowest BCUT2D eigenvalue weighted by Gasteiger charge is -2.44. The summed E-state index contributed by atoms with van der Waals surface area (Å²) in [5.41, 5.74) is 1.72. The molecule has 0 saturated carbocycles. The van der Waals surface area contributed by atoms with E-state index < -0.39 is 11.6 Å². The molecule has 1 aliphatic rings. The number of nitrogens with zero attached hydrogens (tertiary/aromatic N) is 1. The van der Waals surface area contributed by atoms with E-state index in [1.165, 1.54) is 7.11 Å². The number of nitrogens with one attached hydrogen (secondary N) is 1. The Hall–Kier alpha value is -0.730. The molecule has 7 heteroatoms. The van der Waals surface area contributed by atoms with Gasteiger partial charge in [0.25, 0.3) is 5.91 Å². The van der Waals surface area contributed by atoms with Crippen LogP contribution in [0, 0.1) is 0 Å². The quantitative estimate of drug-likeness (QED) is 0.315. The van der Waals surface area contributed by atoms with Crippen LogP contribution in [0.5, 0.6) is 0 Å². The molecule has 1 fully saturated rings. The molecule has 1 heterocycles. The number of methoxy groups -OCH3 is 1. The van der Waals surface area contributed by atoms with Gasteiger partial charge in [-0.2, -0.15) is 0 Å². The zero-order valence-electron chi connectivity index (χ0n) is 11.2. The Balaban J connectivity index is 2.79. The number of carbonyl (C=O) groups is 1. The fourth-order valence-electron chi connectivity index (χ4n) is 2.27. The zero-order valence-corrected chi connectivity index (χ0v) is 11.2. The van der Waals surface area contributed by atoms with Gasteiger partial charge < -0.3 is 14.6 Å². The van der Waals surface area contributed by atoms with Gasteiger partial charge in [-0.25, -0.2) is 5.84 Å². The molecule has 2 atom stereocenters. The fraction of sp³-hybridized carbons (Fsp3) is 0.909. The number of nitrogens with two attached hydrogens (primary N) is 1. The van der Waals surface area contributed by atoms with Gasteiger partial charge >= 0.3 is 0 Å². The third kappa shape index (κ3) is 3.89. The summed E-state index contributed by atoms with van der Waals surface area (Å²) in [6.45, 7) is 5.06. The highest BCUT2D eigenvalue weighted by Crippen LogP contribution is 2.22. The minimum absolute atomic E-state index is 0.0795. The minimum atomic E-state index is -0.475. The van der Waals surface area contributed by atoms with Crippen LogP contribution in [0.2, 0.25) is 0 Å². The molecule has 1 saturated heterocycles. The SMILES string of the molecule is COCC(C(=O)NN)N1CC(CO)OC(C)(C)C1. The molecule has 0 aromatic carbocycles. The normalized spacial score (nSPS) is 25.7.